The molecule has 0 radical (unpaired) electrons. The first kappa shape index (κ1) is 38.0. The SMILES string of the molecule is CN[C@@H](C)C(=O)N[C@H](C(=O)N1C[C@@H](Oc2ccc(F)cc2)C[C@H]1CN(CCc1ccc(F)cc1)C(=O)c1cnn(-c2ccc(F)cc2)n1)C(C)(C)C. The van der Waals surface area contributed by atoms with E-state index in [1.165, 1.54) is 71.7 Å². The molecule has 14 heteroatoms. The third kappa shape index (κ3) is 9.55. The van der Waals surface area contributed by atoms with Crippen LogP contribution in [0.2, 0.25) is 0 Å². The number of nitrogens with one attached hydrogen (secondary N) is 2. The first-order valence-corrected chi connectivity index (χ1v) is 17.1. The van der Waals surface area contributed by atoms with Crippen LogP contribution in [0.5, 0.6) is 5.75 Å². The molecule has 1 fully saturated rings. The number of carbonyl (C=O) groups excluding carboxylic acids is 3. The molecule has 4 aromatic rings. The maximum Gasteiger partial charge on any atom is 0.276 e. The Kier molecular flexibility index (Phi) is 12.0. The van der Waals surface area contributed by atoms with Crippen LogP contribution in [0.4, 0.5) is 13.2 Å². The summed E-state index contributed by atoms with van der Waals surface area (Å²) in [5.41, 5.74) is 0.589. The lowest BCUT2D eigenvalue weighted by Crippen LogP contribution is -2.59. The van der Waals surface area contributed by atoms with Gasteiger partial charge in [-0.05, 0) is 92.0 Å². The van der Waals surface area contributed by atoms with Crippen LogP contribution in [-0.2, 0) is 16.0 Å². The van der Waals surface area contributed by atoms with Gasteiger partial charge in [0.2, 0.25) is 11.8 Å². The Morgan fingerprint density at radius 1 is 0.942 bits per heavy atom. The van der Waals surface area contributed by atoms with Crippen LogP contribution >= 0.6 is 0 Å². The smallest absolute Gasteiger partial charge is 0.276 e. The van der Waals surface area contributed by atoms with Crippen molar-refractivity contribution in [1.82, 2.24) is 35.4 Å². The lowest BCUT2D eigenvalue weighted by molar-refractivity contribution is -0.141. The van der Waals surface area contributed by atoms with Crippen LogP contribution in [0.1, 0.15) is 50.2 Å². The zero-order valence-electron chi connectivity index (χ0n) is 29.9. The Bertz CT molecular complexity index is 1830. The van der Waals surface area contributed by atoms with Crippen LogP contribution in [0.15, 0.2) is 79.0 Å². The molecule has 0 aliphatic carbocycles. The molecule has 1 saturated heterocycles. The predicted octanol–water partition coefficient (Wildman–Crippen LogP) is 4.56. The summed E-state index contributed by atoms with van der Waals surface area (Å²) in [5, 5.41) is 14.4. The number of carbonyl (C=O) groups is 3. The van der Waals surface area contributed by atoms with Gasteiger partial charge in [-0.1, -0.05) is 32.9 Å². The lowest BCUT2D eigenvalue weighted by Gasteiger charge is -2.37. The molecule has 1 aromatic heterocycles. The largest absolute Gasteiger partial charge is 0.489 e. The maximum absolute atomic E-state index is 14.5. The van der Waals surface area contributed by atoms with Crippen LogP contribution < -0.4 is 15.4 Å². The Morgan fingerprint density at radius 2 is 1.54 bits per heavy atom. The van der Waals surface area contributed by atoms with E-state index in [0.29, 0.717) is 24.3 Å². The number of likely N-dealkylation sites (tertiary alicyclic amines) is 1. The normalized spacial score (nSPS) is 17.0. The fourth-order valence-electron chi connectivity index (χ4n) is 5.99. The summed E-state index contributed by atoms with van der Waals surface area (Å²) in [6.45, 7) is 7.68. The minimum atomic E-state index is -0.915. The molecule has 3 aromatic carbocycles. The van der Waals surface area contributed by atoms with Crippen molar-refractivity contribution in [3.05, 3.63) is 108 Å². The average molecular weight is 720 g/mol. The molecule has 0 unspecified atom stereocenters. The first-order valence-electron chi connectivity index (χ1n) is 17.1. The molecule has 4 atom stereocenters. The maximum atomic E-state index is 14.5. The molecular formula is C38H44F3N7O4. The van der Waals surface area contributed by atoms with E-state index in [1.807, 2.05) is 20.8 Å². The highest BCUT2D eigenvalue weighted by molar-refractivity contribution is 5.92. The zero-order chi connectivity index (χ0) is 37.6. The summed E-state index contributed by atoms with van der Waals surface area (Å²) >= 11 is 0. The number of aromatic nitrogens is 3. The van der Waals surface area contributed by atoms with Gasteiger partial charge in [0.15, 0.2) is 5.69 Å². The number of likely N-dealkylation sites (N-methyl/N-ethyl adjacent to an activating group) is 1. The molecule has 1 aliphatic rings. The standard InChI is InChI=1S/C38H44F3N7O4/c1-24(42-5)35(49)44-34(38(2,3)4)37(51)47-23-32(52-31-16-12-28(41)13-17-31)20-30(47)22-46(19-18-25-6-8-26(39)9-7-25)36(50)33-21-43-48(45-33)29-14-10-27(40)11-15-29/h6-17,21,24,30,32,34,42H,18-20,22-23H2,1-5H3,(H,44,49)/t24-,30-,32-,34+/m0/s1. The van der Waals surface area contributed by atoms with Gasteiger partial charge in [-0.25, -0.2) is 13.2 Å². The number of ether oxygens (including phenoxy) is 1. The summed E-state index contributed by atoms with van der Waals surface area (Å²) in [6.07, 6.45) is 1.50. The number of rotatable bonds is 13. The lowest BCUT2D eigenvalue weighted by atomic mass is 9.85. The number of hydrogen-bond donors (Lipinski definition) is 2. The monoisotopic (exact) mass is 719 g/mol. The fraction of sp³-hybridized carbons (Fsp3) is 0.395. The van der Waals surface area contributed by atoms with Crippen LogP contribution in [0.25, 0.3) is 5.69 Å². The van der Waals surface area contributed by atoms with E-state index in [0.717, 1.165) is 5.56 Å². The van der Waals surface area contributed by atoms with E-state index in [-0.39, 0.29) is 43.0 Å². The molecule has 2 N–H and O–H groups in total. The second-order valence-corrected chi connectivity index (χ2v) is 14.0. The van der Waals surface area contributed by atoms with Crippen molar-refractivity contribution < 1.29 is 32.3 Å². The third-order valence-corrected chi connectivity index (χ3v) is 9.07. The molecule has 1 aliphatic heterocycles. The van der Waals surface area contributed by atoms with Gasteiger partial charge in [-0.2, -0.15) is 9.90 Å². The molecule has 2 heterocycles. The van der Waals surface area contributed by atoms with Gasteiger partial charge in [-0.15, -0.1) is 5.10 Å². The van der Waals surface area contributed by atoms with Gasteiger partial charge in [0, 0.05) is 19.5 Å². The van der Waals surface area contributed by atoms with Crippen LogP contribution in [0, 0.1) is 22.9 Å². The first-order chi connectivity index (χ1) is 24.7. The van der Waals surface area contributed by atoms with Crippen LogP contribution in [-0.4, -0.2) is 93.4 Å². The summed E-state index contributed by atoms with van der Waals surface area (Å²) in [4.78, 5) is 46.2. The zero-order valence-corrected chi connectivity index (χ0v) is 29.9. The number of benzene rings is 3. The highest BCUT2D eigenvalue weighted by Crippen LogP contribution is 2.29. The molecule has 3 amide bonds. The predicted molar refractivity (Wildman–Crippen MR) is 188 cm³/mol. The number of amides is 3. The van der Waals surface area contributed by atoms with Gasteiger partial charge in [0.1, 0.15) is 35.3 Å². The van der Waals surface area contributed by atoms with E-state index in [9.17, 15) is 27.6 Å². The van der Waals surface area contributed by atoms with Crippen molar-refractivity contribution in [2.24, 2.45) is 5.41 Å². The molecule has 11 nitrogen and oxygen atoms in total. The van der Waals surface area contributed by atoms with Gasteiger partial charge < -0.3 is 25.2 Å². The minimum absolute atomic E-state index is 0.0271. The van der Waals surface area contributed by atoms with E-state index in [1.54, 1.807) is 35.9 Å². The van der Waals surface area contributed by atoms with E-state index in [2.05, 4.69) is 20.8 Å². The Labute approximate surface area is 301 Å². The molecule has 52 heavy (non-hydrogen) atoms. The second-order valence-electron chi connectivity index (χ2n) is 14.0. The van der Waals surface area contributed by atoms with Gasteiger partial charge in [0.25, 0.3) is 5.91 Å². The van der Waals surface area contributed by atoms with Crippen molar-refractivity contribution in [2.45, 2.75) is 64.8 Å². The topological polar surface area (TPSA) is 122 Å². The van der Waals surface area contributed by atoms with Gasteiger partial charge in [-0.3, -0.25) is 14.4 Å². The molecule has 5 rings (SSSR count). The quantitative estimate of drug-likeness (QED) is 0.208. The van der Waals surface area contributed by atoms with Crippen LogP contribution in [0.3, 0.4) is 0 Å². The fourth-order valence-corrected chi connectivity index (χ4v) is 5.99. The number of hydrogen-bond acceptors (Lipinski definition) is 7. The average Bonchev–Trinajstić information content (AvgIpc) is 3.77. The Morgan fingerprint density at radius 3 is 2.13 bits per heavy atom. The van der Waals surface area contributed by atoms with E-state index < -0.39 is 47.2 Å². The number of halogens is 3. The van der Waals surface area contributed by atoms with Crippen molar-refractivity contribution in [1.29, 1.82) is 0 Å². The second kappa shape index (κ2) is 16.4. The summed E-state index contributed by atoms with van der Waals surface area (Å²) in [7, 11) is 1.65. The van der Waals surface area contributed by atoms with Gasteiger partial charge >= 0.3 is 0 Å². The summed E-state index contributed by atoms with van der Waals surface area (Å²) in [6, 6.07) is 15.0. The molecule has 0 spiro atoms. The van der Waals surface area contributed by atoms with Gasteiger partial charge in [0.05, 0.1) is 30.5 Å². The number of nitrogens with zero attached hydrogens (tertiary/aromatic N) is 5. The van der Waals surface area contributed by atoms with Crippen molar-refractivity contribution in [3.8, 4) is 11.4 Å². The summed E-state index contributed by atoms with van der Waals surface area (Å²) < 4.78 is 47.1. The van der Waals surface area contributed by atoms with E-state index in [4.69, 9.17) is 4.74 Å². The Balaban J connectivity index is 1.46. The van der Waals surface area contributed by atoms with Crippen molar-refractivity contribution in [3.63, 3.8) is 0 Å². The Hall–Kier alpha value is -5.24. The molecular weight excluding hydrogens is 675 g/mol. The summed E-state index contributed by atoms with van der Waals surface area (Å²) in [5.74, 6) is -1.95. The molecule has 276 valence electrons. The van der Waals surface area contributed by atoms with E-state index >= 15 is 0 Å². The highest BCUT2D eigenvalue weighted by atomic mass is 19.1. The third-order valence-electron chi connectivity index (χ3n) is 9.07. The highest BCUT2D eigenvalue weighted by Gasteiger charge is 2.44. The van der Waals surface area contributed by atoms with Crippen molar-refractivity contribution >= 4 is 17.7 Å². The molecule has 0 bridgehead atoms. The molecule has 0 saturated carbocycles. The minimum Gasteiger partial charge on any atom is -0.489 e. The van der Waals surface area contributed by atoms with Crippen molar-refractivity contribution in [2.75, 3.05) is 26.7 Å².